The molecule has 0 aliphatic heterocycles. The highest BCUT2D eigenvalue weighted by Gasteiger charge is 2.11. The quantitative estimate of drug-likeness (QED) is 0.813. The molecule has 0 saturated heterocycles. The van der Waals surface area contributed by atoms with E-state index in [4.69, 9.17) is 10.4 Å². The highest BCUT2D eigenvalue weighted by Crippen LogP contribution is 2.11. The van der Waals surface area contributed by atoms with E-state index in [0.717, 1.165) is 0 Å². The highest BCUT2D eigenvalue weighted by molar-refractivity contribution is 7.89. The lowest BCUT2D eigenvalue weighted by molar-refractivity contribution is 0.597. The Morgan fingerprint density at radius 1 is 1.21 bits per heavy atom. The summed E-state index contributed by atoms with van der Waals surface area (Å²) in [5.41, 5.74) is 0.0694. The summed E-state index contributed by atoms with van der Waals surface area (Å²) in [6, 6.07) is 7.54. The van der Waals surface area contributed by atoms with Gasteiger partial charge in [-0.3, -0.25) is 0 Å². The predicted molar refractivity (Wildman–Crippen MR) is 57.0 cm³/mol. The molecular weight excluding hydrogens is 247 g/mol. The van der Waals surface area contributed by atoms with Gasteiger partial charge in [0, 0.05) is 0 Å². The number of rotatable bonds is 1. The Kier molecular flexibility index (Phi) is 6.52. The van der Waals surface area contributed by atoms with Crippen LogP contribution in [0, 0.1) is 11.3 Å². The maximum absolute atomic E-state index is 10.8. The van der Waals surface area contributed by atoms with E-state index in [1.54, 1.807) is 12.1 Å². The molecule has 0 amide bonds. The van der Waals surface area contributed by atoms with E-state index in [2.05, 4.69) is 0 Å². The molecule has 0 heterocycles. The lowest BCUT2D eigenvalue weighted by Crippen LogP contribution is -2.13. The Bertz CT molecular complexity index is 439. The van der Waals surface area contributed by atoms with Crippen molar-refractivity contribution in [2.24, 2.45) is 5.14 Å². The number of nitrogens with two attached hydrogens (primary N) is 1. The number of hydrogen-bond donors (Lipinski definition) is 1. The normalized spacial score (nSPS) is 9.14. The first-order valence-electron chi connectivity index (χ1n) is 3.07. The second-order valence-electron chi connectivity index (χ2n) is 2.15. The minimum absolute atomic E-state index is 0. The molecule has 4 nitrogen and oxygen atoms in total. The minimum Gasteiger partial charge on any atom is -0.225 e. The van der Waals surface area contributed by atoms with E-state index in [1.807, 2.05) is 0 Å². The van der Waals surface area contributed by atoms with Crippen LogP contribution >= 0.6 is 24.8 Å². The summed E-state index contributed by atoms with van der Waals surface area (Å²) in [7, 11) is -3.77. The van der Waals surface area contributed by atoms with E-state index in [1.165, 1.54) is 18.2 Å². The van der Waals surface area contributed by atoms with Crippen LogP contribution in [0.2, 0.25) is 0 Å². The number of sulfonamides is 1. The fraction of sp³-hybridized carbons (Fsp3) is 0. The Balaban J connectivity index is 0. The van der Waals surface area contributed by atoms with E-state index < -0.39 is 10.0 Å². The van der Waals surface area contributed by atoms with Crippen LogP contribution < -0.4 is 5.14 Å². The Hall–Kier alpha value is -0.800. The van der Waals surface area contributed by atoms with Crippen molar-refractivity contribution >= 4 is 34.8 Å². The lowest BCUT2D eigenvalue weighted by atomic mass is 10.2. The van der Waals surface area contributed by atoms with Crippen molar-refractivity contribution in [2.45, 2.75) is 4.90 Å². The van der Waals surface area contributed by atoms with Gasteiger partial charge in [0.2, 0.25) is 10.0 Å². The van der Waals surface area contributed by atoms with Crippen LogP contribution in [0.5, 0.6) is 0 Å². The summed E-state index contributed by atoms with van der Waals surface area (Å²) in [6.45, 7) is 0. The van der Waals surface area contributed by atoms with Gasteiger partial charge in [-0.2, -0.15) is 5.26 Å². The number of nitriles is 1. The fourth-order valence-electron chi connectivity index (χ4n) is 0.807. The maximum Gasteiger partial charge on any atom is 0.239 e. The van der Waals surface area contributed by atoms with Crippen molar-refractivity contribution in [3.05, 3.63) is 29.8 Å². The molecule has 0 unspecified atom stereocenters. The standard InChI is InChI=1S/C7H6N2O2S.2ClH/c8-5-6-3-1-2-4-7(6)12(9,10)11;;/h1-4H,(H2,9,10,11);2*1H. The number of halogens is 2. The average Bonchev–Trinajstić information content (AvgIpc) is 2.03. The van der Waals surface area contributed by atoms with Crippen LogP contribution in [-0.4, -0.2) is 8.42 Å². The van der Waals surface area contributed by atoms with Crippen molar-refractivity contribution in [1.82, 2.24) is 0 Å². The average molecular weight is 255 g/mol. The lowest BCUT2D eigenvalue weighted by Gasteiger charge is -1.98. The van der Waals surface area contributed by atoms with Gasteiger partial charge in [0.05, 0.1) is 10.5 Å². The molecule has 14 heavy (non-hydrogen) atoms. The SMILES string of the molecule is Cl.Cl.N#Cc1ccccc1S(N)(=O)=O. The topological polar surface area (TPSA) is 83.9 Å². The molecule has 1 aromatic carbocycles. The van der Waals surface area contributed by atoms with Crippen molar-refractivity contribution < 1.29 is 8.42 Å². The number of hydrogen-bond acceptors (Lipinski definition) is 3. The predicted octanol–water partition coefficient (Wildman–Crippen LogP) is 1.05. The second-order valence-corrected chi connectivity index (χ2v) is 3.68. The first-order chi connectivity index (χ1) is 5.55. The highest BCUT2D eigenvalue weighted by atomic mass is 35.5. The van der Waals surface area contributed by atoms with Crippen molar-refractivity contribution in [1.29, 1.82) is 5.26 Å². The third kappa shape index (κ3) is 3.52. The third-order valence-corrected chi connectivity index (χ3v) is 2.28. The summed E-state index contributed by atoms with van der Waals surface area (Å²) in [5.74, 6) is 0. The maximum atomic E-state index is 10.8. The van der Waals surface area contributed by atoms with E-state index in [-0.39, 0.29) is 35.3 Å². The molecule has 0 aliphatic rings. The van der Waals surface area contributed by atoms with E-state index in [9.17, 15) is 8.42 Å². The fourth-order valence-corrected chi connectivity index (χ4v) is 1.50. The number of primary sulfonamides is 1. The van der Waals surface area contributed by atoms with Gasteiger partial charge < -0.3 is 0 Å². The summed E-state index contributed by atoms with van der Waals surface area (Å²) in [5, 5.41) is 13.4. The molecule has 2 N–H and O–H groups in total. The molecule has 0 atom stereocenters. The summed E-state index contributed by atoms with van der Waals surface area (Å²) < 4.78 is 21.7. The first-order valence-corrected chi connectivity index (χ1v) is 4.62. The molecule has 0 saturated carbocycles. The van der Waals surface area contributed by atoms with E-state index >= 15 is 0 Å². The molecule has 0 aromatic heterocycles. The van der Waals surface area contributed by atoms with Crippen molar-refractivity contribution in [2.75, 3.05) is 0 Å². The van der Waals surface area contributed by atoms with Gasteiger partial charge in [-0.05, 0) is 12.1 Å². The van der Waals surface area contributed by atoms with Gasteiger partial charge >= 0.3 is 0 Å². The zero-order valence-electron chi connectivity index (χ0n) is 6.88. The second kappa shape index (κ2) is 5.83. The first kappa shape index (κ1) is 15.7. The van der Waals surface area contributed by atoms with Gasteiger partial charge in [-0.25, -0.2) is 13.6 Å². The van der Waals surface area contributed by atoms with Crippen molar-refractivity contribution in [3.8, 4) is 6.07 Å². The minimum atomic E-state index is -3.77. The molecule has 0 radical (unpaired) electrons. The van der Waals surface area contributed by atoms with E-state index in [0.29, 0.717) is 0 Å². The van der Waals surface area contributed by atoms with Crippen LogP contribution in [0.25, 0.3) is 0 Å². The zero-order valence-corrected chi connectivity index (χ0v) is 9.32. The molecule has 0 fully saturated rings. The number of benzene rings is 1. The van der Waals surface area contributed by atoms with Crippen LogP contribution in [-0.2, 0) is 10.0 Å². The molecule has 1 aromatic rings. The molecular formula is C7H8Cl2N2O2S. The molecule has 0 bridgehead atoms. The van der Waals surface area contributed by atoms with Crippen LogP contribution in [0.1, 0.15) is 5.56 Å². The third-order valence-electron chi connectivity index (χ3n) is 1.31. The molecule has 78 valence electrons. The molecule has 0 aliphatic carbocycles. The summed E-state index contributed by atoms with van der Waals surface area (Å²) in [4.78, 5) is -0.132. The van der Waals surface area contributed by atoms with Gasteiger partial charge in [-0.15, -0.1) is 24.8 Å². The van der Waals surface area contributed by atoms with Gasteiger partial charge in [-0.1, -0.05) is 12.1 Å². The monoisotopic (exact) mass is 254 g/mol. The largest absolute Gasteiger partial charge is 0.239 e. The van der Waals surface area contributed by atoms with Crippen LogP contribution in [0.4, 0.5) is 0 Å². The zero-order chi connectivity index (χ0) is 9.19. The van der Waals surface area contributed by atoms with Gasteiger partial charge in [0.25, 0.3) is 0 Å². The summed E-state index contributed by atoms with van der Waals surface area (Å²) in [6.07, 6.45) is 0. The van der Waals surface area contributed by atoms with Crippen LogP contribution in [0.3, 0.4) is 0 Å². The number of nitrogens with zero attached hydrogens (tertiary/aromatic N) is 1. The molecule has 1 rings (SSSR count). The van der Waals surface area contributed by atoms with Gasteiger partial charge in [0.15, 0.2) is 0 Å². The Labute approximate surface area is 94.6 Å². The summed E-state index contributed by atoms with van der Waals surface area (Å²) >= 11 is 0. The molecule has 7 heteroatoms. The molecule has 0 spiro atoms. The van der Waals surface area contributed by atoms with Crippen LogP contribution in [0.15, 0.2) is 29.2 Å². The van der Waals surface area contributed by atoms with Crippen molar-refractivity contribution in [3.63, 3.8) is 0 Å². The smallest absolute Gasteiger partial charge is 0.225 e. The Morgan fingerprint density at radius 3 is 2.07 bits per heavy atom. The van der Waals surface area contributed by atoms with Gasteiger partial charge in [0.1, 0.15) is 6.07 Å². The Morgan fingerprint density at radius 2 is 1.71 bits per heavy atom.